The van der Waals surface area contributed by atoms with Crippen LogP contribution in [0.2, 0.25) is 5.02 Å². The molecule has 35 heavy (non-hydrogen) atoms. The number of aromatic nitrogens is 3. The lowest BCUT2D eigenvalue weighted by Gasteiger charge is -2.34. The summed E-state index contributed by atoms with van der Waals surface area (Å²) < 4.78 is 1.88. The van der Waals surface area contributed by atoms with Crippen molar-refractivity contribution in [2.75, 3.05) is 26.7 Å². The first-order valence-electron chi connectivity index (χ1n) is 11.6. The summed E-state index contributed by atoms with van der Waals surface area (Å²) in [6.45, 7) is 8.89. The Balaban J connectivity index is 1.76. The number of imidazole rings is 1. The van der Waals surface area contributed by atoms with Gasteiger partial charge in [0.1, 0.15) is 0 Å². The van der Waals surface area contributed by atoms with Crippen LogP contribution in [0.4, 0.5) is 4.79 Å². The first-order valence-corrected chi connectivity index (χ1v) is 12.0. The van der Waals surface area contributed by atoms with Crippen molar-refractivity contribution in [2.45, 2.75) is 31.7 Å². The fraction of sp³-hybridized carbons (Fsp3) is 0.400. The van der Waals surface area contributed by atoms with E-state index in [1.165, 1.54) is 5.01 Å². The zero-order valence-corrected chi connectivity index (χ0v) is 20.7. The molecule has 2 amide bonds. The van der Waals surface area contributed by atoms with Gasteiger partial charge in [-0.1, -0.05) is 18.0 Å². The normalized spacial score (nSPS) is 16.6. The number of piperidine rings is 1. The van der Waals surface area contributed by atoms with Crippen LogP contribution in [-0.2, 0) is 13.5 Å². The van der Waals surface area contributed by atoms with Crippen LogP contribution in [0.3, 0.4) is 0 Å². The number of benzene rings is 1. The molecule has 1 saturated heterocycles. The maximum atomic E-state index is 12.2. The minimum absolute atomic E-state index is 0.214. The second-order valence-corrected chi connectivity index (χ2v) is 9.28. The number of rotatable bonds is 7. The molecule has 0 saturated carbocycles. The van der Waals surface area contributed by atoms with Gasteiger partial charge in [0.15, 0.2) is 0 Å². The molecule has 1 atom stereocenters. The molecule has 0 radical (unpaired) electrons. The number of pyridine rings is 1. The third-order valence-electron chi connectivity index (χ3n) is 6.48. The number of carbonyl (C=O) groups excluding carboxylic acids is 1. The number of amides is 2. The maximum absolute atomic E-state index is 12.2. The zero-order chi connectivity index (χ0) is 24.9. The van der Waals surface area contributed by atoms with Crippen LogP contribution in [0.15, 0.2) is 35.8 Å². The van der Waals surface area contributed by atoms with E-state index in [0.29, 0.717) is 35.7 Å². The molecule has 3 aromatic rings. The molecule has 1 fully saturated rings. The van der Waals surface area contributed by atoms with E-state index >= 15 is 0 Å². The lowest BCUT2D eigenvalue weighted by molar-refractivity contribution is 0.139. The highest BCUT2D eigenvalue weighted by Crippen LogP contribution is 2.29. The number of halogens is 1. The zero-order valence-electron chi connectivity index (χ0n) is 20.0. The summed E-state index contributed by atoms with van der Waals surface area (Å²) in [5, 5.41) is 7.24. The summed E-state index contributed by atoms with van der Waals surface area (Å²) in [4.78, 5) is 26.9. The van der Waals surface area contributed by atoms with E-state index in [0.717, 1.165) is 48.0 Å². The van der Waals surface area contributed by atoms with Crippen molar-refractivity contribution in [2.24, 2.45) is 17.9 Å². The van der Waals surface area contributed by atoms with Crippen LogP contribution in [-0.4, -0.2) is 69.4 Å². The maximum Gasteiger partial charge on any atom is 0.335 e. The minimum atomic E-state index is -0.591. The Morgan fingerprint density at radius 1 is 1.37 bits per heavy atom. The smallest absolute Gasteiger partial charge is 0.335 e. The van der Waals surface area contributed by atoms with Crippen LogP contribution >= 0.6 is 11.6 Å². The van der Waals surface area contributed by atoms with Gasteiger partial charge < -0.3 is 20.0 Å². The summed E-state index contributed by atoms with van der Waals surface area (Å²) in [6, 6.07) is 5.31. The van der Waals surface area contributed by atoms with Crippen molar-refractivity contribution in [1.29, 1.82) is 0 Å². The molecular weight excluding hydrogens is 464 g/mol. The number of hydrogen-bond acceptors (Lipinski definition) is 5. The molecule has 1 aliphatic heterocycles. The van der Waals surface area contributed by atoms with Gasteiger partial charge in [-0.15, -0.1) is 0 Å². The molecule has 1 aliphatic rings. The molecule has 2 N–H and O–H groups in total. The van der Waals surface area contributed by atoms with Gasteiger partial charge in [0.05, 0.1) is 42.2 Å². The van der Waals surface area contributed by atoms with Crippen molar-refractivity contribution in [3.8, 4) is 11.4 Å². The van der Waals surface area contributed by atoms with Gasteiger partial charge in [0, 0.05) is 35.5 Å². The number of carbonyl (C=O) groups is 1. The molecule has 0 bridgehead atoms. The number of likely N-dealkylation sites (N-methyl/N-ethyl adjacent to an activating group) is 1. The predicted octanol–water partition coefficient (Wildman–Crippen LogP) is 3.95. The quantitative estimate of drug-likeness (QED) is 0.307. The van der Waals surface area contributed by atoms with Crippen LogP contribution < -0.4 is 5.73 Å². The summed E-state index contributed by atoms with van der Waals surface area (Å²) >= 11 is 6.52. The average Bonchev–Trinajstić information content (AvgIpc) is 3.26. The van der Waals surface area contributed by atoms with E-state index in [4.69, 9.17) is 28.9 Å². The molecule has 3 heterocycles. The number of nitrogens with zero attached hydrogens (tertiary/aromatic N) is 7. The highest BCUT2D eigenvalue weighted by Gasteiger charge is 2.23. The minimum Gasteiger partial charge on any atom is -0.350 e. The molecule has 10 heteroatoms. The van der Waals surface area contributed by atoms with Crippen molar-refractivity contribution in [3.05, 3.63) is 58.3 Å². The van der Waals surface area contributed by atoms with E-state index in [2.05, 4.69) is 26.9 Å². The Bertz CT molecular complexity index is 1290. The molecule has 9 nitrogen and oxygen atoms in total. The standard InChI is InChI=1S/C25H29ClN8O/c1-28-8-7-17-10-20-18(13-30-34(25(27)35)15-19-6-4-5-9-32(19)2)11-23(24-14-29-16-33(24)3)31-22(20)12-21(17)26/h10-14,16,19H,4-9,15H2,2-3H3,(H2,27,35)/b30-13+/t19-/m1/s1. The Labute approximate surface area is 210 Å². The van der Waals surface area contributed by atoms with E-state index in [9.17, 15) is 4.79 Å². The molecule has 4 rings (SSSR count). The number of nitrogens with two attached hydrogens (primary N) is 1. The van der Waals surface area contributed by atoms with Crippen LogP contribution in [0.25, 0.3) is 27.1 Å². The van der Waals surface area contributed by atoms with Crippen molar-refractivity contribution in [3.63, 3.8) is 0 Å². The second-order valence-electron chi connectivity index (χ2n) is 8.87. The van der Waals surface area contributed by atoms with Crippen molar-refractivity contribution >= 4 is 34.7 Å². The largest absolute Gasteiger partial charge is 0.350 e. The van der Waals surface area contributed by atoms with Crippen LogP contribution in [0, 0.1) is 6.57 Å². The highest BCUT2D eigenvalue weighted by atomic mass is 35.5. The molecule has 0 aliphatic carbocycles. The SMILES string of the molecule is [C-]#[N+]CCc1cc2c(/C=N/N(C[C@H]3CCCCN3C)C(N)=O)cc(-c3cncn3C)nc2cc1Cl. The molecule has 0 spiro atoms. The average molecular weight is 493 g/mol. The number of aryl methyl sites for hydroxylation is 1. The third kappa shape index (κ3) is 5.61. The Kier molecular flexibility index (Phi) is 7.63. The molecule has 0 unspecified atom stereocenters. The molecule has 1 aromatic carbocycles. The summed E-state index contributed by atoms with van der Waals surface area (Å²) in [5.41, 5.74) is 9.57. The van der Waals surface area contributed by atoms with Gasteiger partial charge in [-0.3, -0.25) is 0 Å². The van der Waals surface area contributed by atoms with Gasteiger partial charge in [-0.2, -0.15) is 5.10 Å². The number of primary amides is 1. The lowest BCUT2D eigenvalue weighted by atomic mass is 10.0. The van der Waals surface area contributed by atoms with Crippen LogP contribution in [0.1, 0.15) is 30.4 Å². The number of hydrogen-bond donors (Lipinski definition) is 1. The fourth-order valence-corrected chi connectivity index (χ4v) is 4.68. The first-order chi connectivity index (χ1) is 16.9. The van der Waals surface area contributed by atoms with Crippen molar-refractivity contribution in [1.82, 2.24) is 24.4 Å². The molecular formula is C25H29ClN8O. The van der Waals surface area contributed by atoms with Crippen molar-refractivity contribution < 1.29 is 4.79 Å². The van der Waals surface area contributed by atoms with Crippen LogP contribution in [0.5, 0.6) is 0 Å². The van der Waals surface area contributed by atoms with Gasteiger partial charge in [0.2, 0.25) is 6.54 Å². The Morgan fingerprint density at radius 3 is 2.89 bits per heavy atom. The Morgan fingerprint density at radius 2 is 2.20 bits per heavy atom. The van der Waals surface area contributed by atoms with Gasteiger partial charge in [-0.05, 0) is 50.2 Å². The number of fused-ring (bicyclic) bond motifs is 1. The van der Waals surface area contributed by atoms with E-state index in [1.807, 2.05) is 29.8 Å². The fourth-order valence-electron chi connectivity index (χ4n) is 4.43. The number of urea groups is 1. The van der Waals surface area contributed by atoms with E-state index < -0.39 is 6.03 Å². The number of hydrazone groups is 1. The van der Waals surface area contributed by atoms with Gasteiger partial charge in [-0.25, -0.2) is 26.3 Å². The summed E-state index contributed by atoms with van der Waals surface area (Å²) in [7, 11) is 3.97. The summed E-state index contributed by atoms with van der Waals surface area (Å²) in [6.07, 6.45) is 8.94. The van der Waals surface area contributed by atoms with Gasteiger partial charge >= 0.3 is 6.03 Å². The summed E-state index contributed by atoms with van der Waals surface area (Å²) in [5.74, 6) is 0. The van der Waals surface area contributed by atoms with E-state index in [1.54, 1.807) is 18.7 Å². The topological polar surface area (TPSA) is 97.0 Å². The lowest BCUT2D eigenvalue weighted by Crippen LogP contribution is -2.46. The molecule has 182 valence electrons. The van der Waals surface area contributed by atoms with E-state index in [-0.39, 0.29) is 6.04 Å². The monoisotopic (exact) mass is 492 g/mol. The second kappa shape index (κ2) is 10.8. The Hall–Kier alpha value is -3.48. The third-order valence-corrected chi connectivity index (χ3v) is 6.83. The van der Waals surface area contributed by atoms with Gasteiger partial charge in [0.25, 0.3) is 0 Å². The predicted molar refractivity (Wildman–Crippen MR) is 138 cm³/mol. The highest BCUT2D eigenvalue weighted by molar-refractivity contribution is 6.32. The molecule has 2 aromatic heterocycles. The number of likely N-dealkylation sites (tertiary alicyclic amines) is 1. The first kappa shape index (κ1) is 24.6.